The molecule has 2 amide bonds. The van der Waals surface area contributed by atoms with Crippen LogP contribution in [0.4, 0.5) is 5.69 Å². The van der Waals surface area contributed by atoms with Crippen LogP contribution in [0.15, 0.2) is 24.3 Å². The summed E-state index contributed by atoms with van der Waals surface area (Å²) in [5.74, 6) is -1.72. The zero-order valence-electron chi connectivity index (χ0n) is 12.6. The van der Waals surface area contributed by atoms with E-state index in [4.69, 9.17) is 5.11 Å². The monoisotopic (exact) mass is 304 g/mol. The fourth-order valence-electron chi connectivity index (χ4n) is 2.07. The van der Waals surface area contributed by atoms with Crippen molar-refractivity contribution in [3.05, 3.63) is 29.8 Å². The molecule has 118 valence electrons. The quantitative estimate of drug-likeness (QED) is 0.747. The standard InChI is InChI=1S/C16H20N2O4/c1-9(2)13(16(21)22)18-15(20)11-4-3-5-12(8-11)17-14(19)10-6-7-10/h3-5,8-10,13H,6-7H2,1-2H3,(H,17,19)(H,18,20)(H,21,22)/t13-/m0/s1. The zero-order valence-corrected chi connectivity index (χ0v) is 12.6. The van der Waals surface area contributed by atoms with E-state index in [0.717, 1.165) is 12.8 Å². The zero-order chi connectivity index (χ0) is 16.3. The van der Waals surface area contributed by atoms with Crippen LogP contribution < -0.4 is 10.6 Å². The highest BCUT2D eigenvalue weighted by atomic mass is 16.4. The molecule has 0 aliphatic heterocycles. The fraction of sp³-hybridized carbons (Fsp3) is 0.438. The van der Waals surface area contributed by atoms with Gasteiger partial charge in [-0.3, -0.25) is 9.59 Å². The number of amides is 2. The van der Waals surface area contributed by atoms with E-state index in [1.807, 2.05) is 0 Å². The van der Waals surface area contributed by atoms with Gasteiger partial charge in [0.05, 0.1) is 0 Å². The maximum atomic E-state index is 12.2. The number of rotatable bonds is 6. The van der Waals surface area contributed by atoms with Crippen LogP contribution in [-0.4, -0.2) is 28.9 Å². The summed E-state index contributed by atoms with van der Waals surface area (Å²) in [7, 11) is 0. The first-order valence-electron chi connectivity index (χ1n) is 7.33. The van der Waals surface area contributed by atoms with E-state index < -0.39 is 17.9 Å². The fourth-order valence-corrected chi connectivity index (χ4v) is 2.07. The molecule has 0 bridgehead atoms. The maximum absolute atomic E-state index is 12.2. The molecule has 1 atom stereocenters. The molecule has 1 saturated carbocycles. The van der Waals surface area contributed by atoms with E-state index in [2.05, 4.69) is 10.6 Å². The number of benzene rings is 1. The lowest BCUT2D eigenvalue weighted by molar-refractivity contribution is -0.140. The van der Waals surface area contributed by atoms with Crippen molar-refractivity contribution in [2.24, 2.45) is 11.8 Å². The summed E-state index contributed by atoms with van der Waals surface area (Å²) in [6.07, 6.45) is 1.81. The Hall–Kier alpha value is -2.37. The Kier molecular flexibility index (Phi) is 4.80. The second kappa shape index (κ2) is 6.60. The smallest absolute Gasteiger partial charge is 0.326 e. The van der Waals surface area contributed by atoms with Crippen molar-refractivity contribution in [3.8, 4) is 0 Å². The van der Waals surface area contributed by atoms with Crippen LogP contribution in [0.2, 0.25) is 0 Å². The van der Waals surface area contributed by atoms with Gasteiger partial charge >= 0.3 is 5.97 Å². The van der Waals surface area contributed by atoms with Crippen LogP contribution in [0.3, 0.4) is 0 Å². The van der Waals surface area contributed by atoms with Gasteiger partial charge in [0.15, 0.2) is 0 Å². The topological polar surface area (TPSA) is 95.5 Å². The van der Waals surface area contributed by atoms with Crippen molar-refractivity contribution in [2.75, 3.05) is 5.32 Å². The molecule has 0 saturated heterocycles. The summed E-state index contributed by atoms with van der Waals surface area (Å²) in [6.45, 7) is 3.46. The van der Waals surface area contributed by atoms with Gasteiger partial charge in [0.2, 0.25) is 5.91 Å². The third-order valence-electron chi connectivity index (χ3n) is 3.56. The predicted octanol–water partition coefficient (Wildman–Crippen LogP) is 1.87. The lowest BCUT2D eigenvalue weighted by Gasteiger charge is -2.18. The molecule has 0 unspecified atom stereocenters. The molecule has 6 heteroatoms. The Bertz CT molecular complexity index is 594. The number of hydrogen-bond acceptors (Lipinski definition) is 3. The average molecular weight is 304 g/mol. The summed E-state index contributed by atoms with van der Waals surface area (Å²) >= 11 is 0. The highest BCUT2D eigenvalue weighted by Crippen LogP contribution is 2.30. The van der Waals surface area contributed by atoms with Gasteiger partial charge in [-0.15, -0.1) is 0 Å². The maximum Gasteiger partial charge on any atom is 0.326 e. The van der Waals surface area contributed by atoms with E-state index in [9.17, 15) is 14.4 Å². The Morgan fingerprint density at radius 2 is 1.91 bits per heavy atom. The summed E-state index contributed by atoms with van der Waals surface area (Å²) < 4.78 is 0. The van der Waals surface area contributed by atoms with Gasteiger partial charge in [0, 0.05) is 17.2 Å². The van der Waals surface area contributed by atoms with Crippen molar-refractivity contribution in [1.29, 1.82) is 0 Å². The molecular weight excluding hydrogens is 284 g/mol. The number of carbonyl (C=O) groups is 3. The van der Waals surface area contributed by atoms with Crippen molar-refractivity contribution in [1.82, 2.24) is 5.32 Å². The number of carboxylic acids is 1. The molecule has 0 radical (unpaired) electrons. The van der Waals surface area contributed by atoms with E-state index >= 15 is 0 Å². The third kappa shape index (κ3) is 4.07. The molecular formula is C16H20N2O4. The van der Waals surface area contributed by atoms with Gasteiger partial charge in [0.1, 0.15) is 6.04 Å². The molecule has 1 aromatic rings. The van der Waals surface area contributed by atoms with Crippen molar-refractivity contribution in [2.45, 2.75) is 32.7 Å². The number of carbonyl (C=O) groups excluding carboxylic acids is 2. The molecule has 1 fully saturated rings. The normalized spacial score (nSPS) is 15.2. The van der Waals surface area contributed by atoms with Crippen LogP contribution in [0.1, 0.15) is 37.0 Å². The first kappa shape index (κ1) is 16.0. The Morgan fingerprint density at radius 1 is 1.23 bits per heavy atom. The largest absolute Gasteiger partial charge is 0.480 e. The Balaban J connectivity index is 2.05. The summed E-state index contributed by atoms with van der Waals surface area (Å²) in [5, 5.41) is 14.4. The molecule has 1 aliphatic rings. The van der Waals surface area contributed by atoms with E-state index in [1.54, 1.807) is 38.1 Å². The van der Waals surface area contributed by atoms with Gasteiger partial charge in [-0.25, -0.2) is 4.79 Å². The van der Waals surface area contributed by atoms with E-state index in [1.165, 1.54) is 0 Å². The van der Waals surface area contributed by atoms with Gasteiger partial charge in [0.25, 0.3) is 5.91 Å². The number of anilines is 1. The summed E-state index contributed by atoms with van der Waals surface area (Å²) in [4.78, 5) is 35.0. The average Bonchev–Trinajstić information content (AvgIpc) is 3.28. The van der Waals surface area contributed by atoms with Crippen LogP contribution in [-0.2, 0) is 9.59 Å². The van der Waals surface area contributed by atoms with Crippen molar-refractivity contribution >= 4 is 23.5 Å². The molecule has 6 nitrogen and oxygen atoms in total. The highest BCUT2D eigenvalue weighted by Gasteiger charge is 2.29. The SMILES string of the molecule is CC(C)[C@H](NC(=O)c1cccc(NC(=O)C2CC2)c1)C(=O)O. The number of carboxylic acid groups (broad SMARTS) is 1. The summed E-state index contributed by atoms with van der Waals surface area (Å²) in [6, 6.07) is 5.55. The Morgan fingerprint density at radius 3 is 2.45 bits per heavy atom. The minimum atomic E-state index is -1.07. The predicted molar refractivity (Wildman–Crippen MR) is 81.5 cm³/mol. The molecule has 1 aliphatic carbocycles. The molecule has 22 heavy (non-hydrogen) atoms. The number of hydrogen-bond donors (Lipinski definition) is 3. The number of aliphatic carboxylic acids is 1. The molecule has 0 aromatic heterocycles. The number of nitrogens with one attached hydrogen (secondary N) is 2. The molecule has 0 heterocycles. The van der Waals surface area contributed by atoms with E-state index in [0.29, 0.717) is 11.3 Å². The van der Waals surface area contributed by atoms with Gasteiger partial charge in [-0.1, -0.05) is 19.9 Å². The molecule has 2 rings (SSSR count). The minimum absolute atomic E-state index is 0.0387. The molecule has 0 spiro atoms. The Labute approximate surface area is 128 Å². The highest BCUT2D eigenvalue weighted by molar-refractivity contribution is 5.99. The van der Waals surface area contributed by atoms with Gasteiger partial charge in [-0.05, 0) is 37.0 Å². The van der Waals surface area contributed by atoms with E-state index in [-0.39, 0.29) is 17.7 Å². The second-order valence-electron chi connectivity index (χ2n) is 5.88. The third-order valence-corrected chi connectivity index (χ3v) is 3.56. The van der Waals surface area contributed by atoms with Crippen LogP contribution in [0.5, 0.6) is 0 Å². The lowest BCUT2D eigenvalue weighted by atomic mass is 10.0. The molecule has 3 N–H and O–H groups in total. The van der Waals surface area contributed by atoms with Gasteiger partial charge in [-0.2, -0.15) is 0 Å². The van der Waals surface area contributed by atoms with Crippen molar-refractivity contribution in [3.63, 3.8) is 0 Å². The second-order valence-corrected chi connectivity index (χ2v) is 5.88. The van der Waals surface area contributed by atoms with Crippen LogP contribution >= 0.6 is 0 Å². The first-order valence-corrected chi connectivity index (χ1v) is 7.33. The summed E-state index contributed by atoms with van der Waals surface area (Å²) in [5.41, 5.74) is 0.862. The lowest BCUT2D eigenvalue weighted by Crippen LogP contribution is -2.44. The van der Waals surface area contributed by atoms with Crippen LogP contribution in [0.25, 0.3) is 0 Å². The minimum Gasteiger partial charge on any atom is -0.480 e. The first-order chi connectivity index (χ1) is 10.4. The van der Waals surface area contributed by atoms with Crippen LogP contribution in [0, 0.1) is 11.8 Å². The van der Waals surface area contributed by atoms with Gasteiger partial charge < -0.3 is 15.7 Å². The van der Waals surface area contributed by atoms with Crippen molar-refractivity contribution < 1.29 is 19.5 Å². The molecule has 1 aromatic carbocycles.